The minimum atomic E-state index is 1.05. The SMILES string of the molecule is CN1CCN(c2cncc(Br)c2)CC1. The molecule has 0 atom stereocenters. The first-order valence-corrected chi connectivity index (χ1v) is 5.59. The van der Waals surface area contributed by atoms with Crippen LogP contribution in [-0.2, 0) is 0 Å². The molecule has 1 aliphatic rings. The highest BCUT2D eigenvalue weighted by atomic mass is 79.9. The molecule has 2 heterocycles. The number of rotatable bonds is 1. The van der Waals surface area contributed by atoms with Gasteiger partial charge >= 0.3 is 0 Å². The quantitative estimate of drug-likeness (QED) is 0.760. The minimum Gasteiger partial charge on any atom is -0.368 e. The predicted molar refractivity (Wildman–Crippen MR) is 61.6 cm³/mol. The van der Waals surface area contributed by atoms with E-state index >= 15 is 0 Å². The van der Waals surface area contributed by atoms with E-state index in [-0.39, 0.29) is 0 Å². The van der Waals surface area contributed by atoms with Crippen molar-refractivity contribution in [3.05, 3.63) is 22.9 Å². The number of hydrogen-bond donors (Lipinski definition) is 0. The zero-order valence-corrected chi connectivity index (χ0v) is 9.87. The van der Waals surface area contributed by atoms with Crippen LogP contribution < -0.4 is 4.90 Å². The smallest absolute Gasteiger partial charge is 0.0564 e. The molecule has 0 bridgehead atoms. The van der Waals surface area contributed by atoms with Crippen molar-refractivity contribution in [3.8, 4) is 0 Å². The molecule has 0 saturated carbocycles. The Kier molecular flexibility index (Phi) is 3.03. The van der Waals surface area contributed by atoms with Crippen LogP contribution in [0.3, 0.4) is 0 Å². The van der Waals surface area contributed by atoms with Crippen molar-refractivity contribution in [1.82, 2.24) is 9.88 Å². The number of nitrogens with zero attached hydrogens (tertiary/aromatic N) is 3. The van der Waals surface area contributed by atoms with Gasteiger partial charge in [-0.2, -0.15) is 0 Å². The molecule has 1 aromatic heterocycles. The lowest BCUT2D eigenvalue weighted by molar-refractivity contribution is 0.313. The molecule has 0 spiro atoms. The summed E-state index contributed by atoms with van der Waals surface area (Å²) < 4.78 is 1.05. The Morgan fingerprint density at radius 1 is 1.21 bits per heavy atom. The van der Waals surface area contributed by atoms with Crippen LogP contribution in [-0.4, -0.2) is 43.1 Å². The van der Waals surface area contributed by atoms with E-state index in [2.05, 4.69) is 43.8 Å². The van der Waals surface area contributed by atoms with Gasteiger partial charge in [0.2, 0.25) is 0 Å². The Labute approximate surface area is 92.9 Å². The molecular formula is C10H14BrN3. The van der Waals surface area contributed by atoms with Gasteiger partial charge < -0.3 is 9.80 Å². The van der Waals surface area contributed by atoms with Gasteiger partial charge in [-0.15, -0.1) is 0 Å². The van der Waals surface area contributed by atoms with E-state index in [0.717, 1.165) is 30.7 Å². The van der Waals surface area contributed by atoms with Crippen molar-refractivity contribution in [2.75, 3.05) is 38.1 Å². The minimum absolute atomic E-state index is 1.05. The molecule has 2 rings (SSSR count). The van der Waals surface area contributed by atoms with E-state index in [1.54, 1.807) is 0 Å². The van der Waals surface area contributed by atoms with Gasteiger partial charge in [0.1, 0.15) is 0 Å². The van der Waals surface area contributed by atoms with E-state index < -0.39 is 0 Å². The van der Waals surface area contributed by atoms with Crippen LogP contribution in [0.1, 0.15) is 0 Å². The third-order valence-electron chi connectivity index (χ3n) is 2.56. The highest BCUT2D eigenvalue weighted by molar-refractivity contribution is 9.10. The van der Waals surface area contributed by atoms with Crippen LogP contribution >= 0.6 is 15.9 Å². The molecule has 1 aromatic rings. The summed E-state index contributed by atoms with van der Waals surface area (Å²) in [7, 11) is 2.16. The van der Waals surface area contributed by atoms with Gasteiger partial charge in [-0.3, -0.25) is 4.98 Å². The van der Waals surface area contributed by atoms with Gasteiger partial charge in [0, 0.05) is 36.8 Å². The maximum Gasteiger partial charge on any atom is 0.0564 e. The normalized spacial score (nSPS) is 18.6. The van der Waals surface area contributed by atoms with Crippen LogP contribution in [0.5, 0.6) is 0 Å². The van der Waals surface area contributed by atoms with Crippen LogP contribution in [0.15, 0.2) is 22.9 Å². The molecular weight excluding hydrogens is 242 g/mol. The van der Waals surface area contributed by atoms with Gasteiger partial charge in [-0.05, 0) is 29.0 Å². The first kappa shape index (κ1) is 9.93. The molecule has 0 aliphatic carbocycles. The molecule has 0 unspecified atom stereocenters. The number of piperazine rings is 1. The average molecular weight is 256 g/mol. The fraction of sp³-hybridized carbons (Fsp3) is 0.500. The first-order valence-electron chi connectivity index (χ1n) is 4.80. The summed E-state index contributed by atoms with van der Waals surface area (Å²) in [6, 6.07) is 2.12. The number of halogens is 1. The molecule has 1 aliphatic heterocycles. The zero-order valence-electron chi connectivity index (χ0n) is 8.28. The molecule has 0 aromatic carbocycles. The van der Waals surface area contributed by atoms with Gasteiger partial charge in [-0.25, -0.2) is 0 Å². The van der Waals surface area contributed by atoms with Crippen LogP contribution in [0.2, 0.25) is 0 Å². The lowest BCUT2D eigenvalue weighted by Crippen LogP contribution is -2.44. The van der Waals surface area contributed by atoms with Crippen molar-refractivity contribution in [2.24, 2.45) is 0 Å². The average Bonchev–Trinajstić information content (AvgIpc) is 2.19. The maximum absolute atomic E-state index is 4.18. The Morgan fingerprint density at radius 3 is 2.57 bits per heavy atom. The van der Waals surface area contributed by atoms with Gasteiger partial charge in [0.15, 0.2) is 0 Å². The standard InChI is InChI=1S/C10H14BrN3/c1-13-2-4-14(5-3-13)10-6-9(11)7-12-8-10/h6-8H,2-5H2,1H3. The van der Waals surface area contributed by atoms with Crippen molar-refractivity contribution >= 4 is 21.6 Å². The van der Waals surface area contributed by atoms with Crippen molar-refractivity contribution in [1.29, 1.82) is 0 Å². The lowest BCUT2D eigenvalue weighted by atomic mass is 10.3. The fourth-order valence-electron chi connectivity index (χ4n) is 1.64. The molecule has 1 saturated heterocycles. The molecule has 76 valence electrons. The Balaban J connectivity index is 2.08. The molecule has 0 N–H and O–H groups in total. The molecule has 0 amide bonds. The van der Waals surface area contributed by atoms with Gasteiger partial charge in [0.25, 0.3) is 0 Å². The van der Waals surface area contributed by atoms with E-state index in [9.17, 15) is 0 Å². The Morgan fingerprint density at radius 2 is 1.93 bits per heavy atom. The molecule has 0 radical (unpaired) electrons. The molecule has 1 fully saturated rings. The number of likely N-dealkylation sites (N-methyl/N-ethyl adjacent to an activating group) is 1. The molecule has 14 heavy (non-hydrogen) atoms. The lowest BCUT2D eigenvalue weighted by Gasteiger charge is -2.33. The molecule has 3 nitrogen and oxygen atoms in total. The maximum atomic E-state index is 4.18. The third-order valence-corrected chi connectivity index (χ3v) is 2.99. The summed E-state index contributed by atoms with van der Waals surface area (Å²) in [6.45, 7) is 4.45. The first-order chi connectivity index (χ1) is 6.75. The van der Waals surface area contributed by atoms with Gasteiger partial charge in [-0.1, -0.05) is 0 Å². The van der Waals surface area contributed by atoms with Crippen LogP contribution in [0, 0.1) is 0 Å². The van der Waals surface area contributed by atoms with E-state index in [1.807, 2.05) is 12.4 Å². The van der Waals surface area contributed by atoms with E-state index in [4.69, 9.17) is 0 Å². The number of anilines is 1. The summed E-state index contributed by atoms with van der Waals surface area (Å²) in [5.74, 6) is 0. The number of aromatic nitrogens is 1. The highest BCUT2D eigenvalue weighted by Crippen LogP contribution is 2.19. The summed E-state index contributed by atoms with van der Waals surface area (Å²) >= 11 is 3.44. The Hall–Kier alpha value is -0.610. The second-order valence-electron chi connectivity index (χ2n) is 3.65. The second-order valence-corrected chi connectivity index (χ2v) is 4.57. The van der Waals surface area contributed by atoms with Crippen LogP contribution in [0.25, 0.3) is 0 Å². The van der Waals surface area contributed by atoms with Crippen molar-refractivity contribution in [3.63, 3.8) is 0 Å². The van der Waals surface area contributed by atoms with E-state index in [0.29, 0.717) is 0 Å². The van der Waals surface area contributed by atoms with Gasteiger partial charge in [0.05, 0.1) is 11.9 Å². The van der Waals surface area contributed by atoms with Crippen molar-refractivity contribution < 1.29 is 0 Å². The predicted octanol–water partition coefficient (Wildman–Crippen LogP) is 1.60. The topological polar surface area (TPSA) is 19.4 Å². The zero-order chi connectivity index (χ0) is 9.97. The summed E-state index contributed by atoms with van der Waals surface area (Å²) in [5, 5.41) is 0. The van der Waals surface area contributed by atoms with Crippen LogP contribution in [0.4, 0.5) is 5.69 Å². The van der Waals surface area contributed by atoms with E-state index in [1.165, 1.54) is 5.69 Å². The number of pyridine rings is 1. The fourth-order valence-corrected chi connectivity index (χ4v) is 1.99. The largest absolute Gasteiger partial charge is 0.368 e. The Bertz CT molecular complexity index is 308. The second kappa shape index (κ2) is 4.28. The summed E-state index contributed by atoms with van der Waals surface area (Å²) in [6.07, 6.45) is 3.75. The summed E-state index contributed by atoms with van der Waals surface area (Å²) in [4.78, 5) is 8.90. The summed E-state index contributed by atoms with van der Waals surface area (Å²) in [5.41, 5.74) is 1.22. The number of hydrogen-bond acceptors (Lipinski definition) is 3. The third kappa shape index (κ3) is 2.25. The molecule has 4 heteroatoms. The monoisotopic (exact) mass is 255 g/mol. The highest BCUT2D eigenvalue weighted by Gasteiger charge is 2.14. The van der Waals surface area contributed by atoms with Crippen molar-refractivity contribution in [2.45, 2.75) is 0 Å².